The fourth-order valence-corrected chi connectivity index (χ4v) is 3.35. The largest absolute Gasteiger partial charge is 0.461 e. The van der Waals surface area contributed by atoms with Crippen molar-refractivity contribution in [3.05, 3.63) is 35.2 Å². The van der Waals surface area contributed by atoms with Crippen LogP contribution in [0.5, 0.6) is 0 Å². The number of nitrogens with two attached hydrogens (primary N) is 1. The molecule has 0 unspecified atom stereocenters. The van der Waals surface area contributed by atoms with Gasteiger partial charge in [0.05, 0.1) is 17.5 Å². The minimum Gasteiger partial charge on any atom is -0.461 e. The van der Waals surface area contributed by atoms with Crippen molar-refractivity contribution in [2.75, 3.05) is 6.61 Å². The van der Waals surface area contributed by atoms with Crippen molar-refractivity contribution < 1.29 is 23.8 Å². The molecule has 1 fully saturated rings. The molecule has 184 valence electrons. The van der Waals surface area contributed by atoms with Gasteiger partial charge in [-0.05, 0) is 59.6 Å². The number of esters is 1. The van der Waals surface area contributed by atoms with Gasteiger partial charge in [-0.3, -0.25) is 5.41 Å². The van der Waals surface area contributed by atoms with E-state index >= 15 is 0 Å². The molecule has 1 saturated heterocycles. The summed E-state index contributed by atoms with van der Waals surface area (Å²) >= 11 is 0. The molecule has 3 atom stereocenters. The van der Waals surface area contributed by atoms with Gasteiger partial charge in [0.15, 0.2) is 5.60 Å². The maximum atomic E-state index is 12.7. The molecule has 1 aliphatic heterocycles. The van der Waals surface area contributed by atoms with Crippen LogP contribution in [0.1, 0.15) is 58.8 Å². The van der Waals surface area contributed by atoms with Crippen LogP contribution in [0, 0.1) is 16.7 Å². The SMILES string of the molecule is CC(C)=C[C@H](NC(=O)OC(C)(C)C)C(=O)OC[C@@H]1CC[C@](C#N)(c2ccc(C(N)=NC=N)[nH]2)O1. The summed E-state index contributed by atoms with van der Waals surface area (Å²) in [5.41, 5.74) is 5.59. The minimum atomic E-state index is -1.26. The first-order chi connectivity index (χ1) is 15.9. The van der Waals surface area contributed by atoms with Gasteiger partial charge in [0, 0.05) is 0 Å². The fourth-order valence-electron chi connectivity index (χ4n) is 3.35. The Hall–Kier alpha value is -3.65. The summed E-state index contributed by atoms with van der Waals surface area (Å²) in [5.74, 6) is -0.552. The molecule has 1 aromatic rings. The van der Waals surface area contributed by atoms with E-state index in [2.05, 4.69) is 21.4 Å². The molecule has 1 aromatic heterocycles. The molecule has 2 rings (SSSR count). The van der Waals surface area contributed by atoms with Gasteiger partial charge in [0.25, 0.3) is 0 Å². The van der Waals surface area contributed by atoms with E-state index in [9.17, 15) is 14.9 Å². The highest BCUT2D eigenvalue weighted by atomic mass is 16.6. The molecule has 0 aliphatic carbocycles. The number of nitrogens with zero attached hydrogens (tertiary/aromatic N) is 2. The van der Waals surface area contributed by atoms with Crippen LogP contribution in [0.4, 0.5) is 4.79 Å². The number of amides is 1. The Morgan fingerprint density at radius 3 is 2.76 bits per heavy atom. The Labute approximate surface area is 198 Å². The third kappa shape index (κ3) is 7.18. The van der Waals surface area contributed by atoms with Gasteiger partial charge < -0.3 is 30.2 Å². The number of aliphatic imine (C=N–C) groups is 1. The standard InChI is InChI=1S/C23H32N6O5/c1-14(2)10-17(29-21(31)34-22(3,4)5)20(30)32-11-15-8-9-23(12-24,33-15)18-7-6-16(28-18)19(26)27-13-25/h6-7,10,13,15,17,28H,8-9,11H2,1-5H3,(H,29,31)(H3,25,26,27)/t15-,17-,23-/m0/s1. The van der Waals surface area contributed by atoms with Crippen molar-refractivity contribution in [1.29, 1.82) is 10.7 Å². The van der Waals surface area contributed by atoms with E-state index in [1.54, 1.807) is 52.8 Å². The lowest BCUT2D eigenvalue weighted by atomic mass is 9.98. The molecule has 11 heteroatoms. The average molecular weight is 473 g/mol. The van der Waals surface area contributed by atoms with Gasteiger partial charge in [0.2, 0.25) is 0 Å². The van der Waals surface area contributed by atoms with Crippen LogP contribution in [0.2, 0.25) is 0 Å². The number of aromatic nitrogens is 1. The van der Waals surface area contributed by atoms with Crippen LogP contribution in [0.25, 0.3) is 0 Å². The lowest BCUT2D eigenvalue weighted by Crippen LogP contribution is -2.43. The molecule has 0 spiro atoms. The topological polar surface area (TPSA) is 176 Å². The van der Waals surface area contributed by atoms with Crippen LogP contribution < -0.4 is 11.1 Å². The van der Waals surface area contributed by atoms with Crippen molar-refractivity contribution in [2.24, 2.45) is 10.7 Å². The third-order valence-electron chi connectivity index (χ3n) is 4.81. The van der Waals surface area contributed by atoms with Gasteiger partial charge in [-0.25, -0.2) is 14.6 Å². The number of rotatable bonds is 8. The van der Waals surface area contributed by atoms with Crippen LogP contribution >= 0.6 is 0 Å². The first-order valence-corrected chi connectivity index (χ1v) is 10.8. The highest BCUT2D eigenvalue weighted by Crippen LogP contribution is 2.38. The predicted octanol–water partition coefficient (Wildman–Crippen LogP) is 2.63. The van der Waals surface area contributed by atoms with Crippen molar-refractivity contribution in [1.82, 2.24) is 10.3 Å². The zero-order valence-electron chi connectivity index (χ0n) is 20.1. The molecule has 1 aliphatic rings. The summed E-state index contributed by atoms with van der Waals surface area (Å²) in [4.78, 5) is 31.5. The number of nitrogens with one attached hydrogen (secondary N) is 3. The van der Waals surface area contributed by atoms with E-state index in [4.69, 9.17) is 25.4 Å². The van der Waals surface area contributed by atoms with Crippen LogP contribution in [-0.2, 0) is 24.6 Å². The molecule has 0 radical (unpaired) electrons. The maximum absolute atomic E-state index is 12.7. The van der Waals surface area contributed by atoms with Crippen LogP contribution in [-0.4, -0.2) is 53.6 Å². The van der Waals surface area contributed by atoms with E-state index in [1.807, 2.05) is 0 Å². The summed E-state index contributed by atoms with van der Waals surface area (Å²) in [6, 6.07) is 4.49. The monoisotopic (exact) mass is 472 g/mol. The molecule has 34 heavy (non-hydrogen) atoms. The molecular weight excluding hydrogens is 440 g/mol. The van der Waals surface area contributed by atoms with Crippen LogP contribution in [0.3, 0.4) is 0 Å². The summed E-state index contributed by atoms with van der Waals surface area (Å²) in [7, 11) is 0. The number of amidine groups is 1. The van der Waals surface area contributed by atoms with Gasteiger partial charge >= 0.3 is 12.1 Å². The Morgan fingerprint density at radius 1 is 1.47 bits per heavy atom. The maximum Gasteiger partial charge on any atom is 0.408 e. The van der Waals surface area contributed by atoms with Crippen LogP contribution in [0.15, 0.2) is 28.8 Å². The van der Waals surface area contributed by atoms with E-state index in [-0.39, 0.29) is 12.4 Å². The third-order valence-corrected chi connectivity index (χ3v) is 4.81. The summed E-state index contributed by atoms with van der Waals surface area (Å²) in [6.07, 6.45) is 2.00. The number of aromatic amines is 1. The number of allylic oxidation sites excluding steroid dienone is 1. The molecule has 2 heterocycles. The molecule has 5 N–H and O–H groups in total. The number of nitriles is 1. The number of hydrogen-bond donors (Lipinski definition) is 4. The summed E-state index contributed by atoms with van der Waals surface area (Å²) < 4.78 is 16.6. The fraction of sp³-hybridized carbons (Fsp3) is 0.522. The molecule has 0 aromatic carbocycles. The number of carbonyl (C=O) groups is 2. The Bertz CT molecular complexity index is 1010. The second-order valence-corrected chi connectivity index (χ2v) is 9.14. The van der Waals surface area contributed by atoms with Gasteiger partial charge in [0.1, 0.15) is 36.5 Å². The Morgan fingerprint density at radius 2 is 2.18 bits per heavy atom. The number of carbonyl (C=O) groups excluding carboxylic acids is 2. The first kappa shape index (κ1) is 26.6. The number of alkyl carbamates (subject to hydrolysis) is 1. The molecule has 11 nitrogen and oxygen atoms in total. The van der Waals surface area contributed by atoms with Gasteiger partial charge in [-0.2, -0.15) is 5.26 Å². The quantitative estimate of drug-likeness (QED) is 0.194. The molecule has 1 amide bonds. The van der Waals surface area contributed by atoms with E-state index in [0.29, 0.717) is 24.2 Å². The minimum absolute atomic E-state index is 0.0870. The predicted molar refractivity (Wildman–Crippen MR) is 125 cm³/mol. The summed E-state index contributed by atoms with van der Waals surface area (Å²) in [6.45, 7) is 8.67. The second kappa shape index (κ2) is 11.0. The average Bonchev–Trinajstić information content (AvgIpc) is 3.38. The lowest BCUT2D eigenvalue weighted by molar-refractivity contribution is -0.150. The molecule has 0 bridgehead atoms. The van der Waals surface area contributed by atoms with E-state index in [0.717, 1.165) is 11.9 Å². The first-order valence-electron chi connectivity index (χ1n) is 10.8. The van der Waals surface area contributed by atoms with Crippen molar-refractivity contribution in [3.63, 3.8) is 0 Å². The smallest absolute Gasteiger partial charge is 0.408 e. The zero-order valence-corrected chi connectivity index (χ0v) is 20.1. The van der Waals surface area contributed by atoms with Gasteiger partial charge in [-0.15, -0.1) is 0 Å². The number of hydrogen-bond acceptors (Lipinski definition) is 7. The van der Waals surface area contributed by atoms with Gasteiger partial charge in [-0.1, -0.05) is 11.6 Å². The van der Waals surface area contributed by atoms with E-state index < -0.39 is 35.4 Å². The van der Waals surface area contributed by atoms with Crippen molar-refractivity contribution in [3.8, 4) is 6.07 Å². The highest BCUT2D eigenvalue weighted by Gasteiger charge is 2.44. The number of ether oxygens (including phenoxy) is 3. The zero-order chi connectivity index (χ0) is 25.5. The Kier molecular flexibility index (Phi) is 8.59. The Balaban J connectivity index is 2.03. The molecule has 0 saturated carbocycles. The van der Waals surface area contributed by atoms with Crippen molar-refractivity contribution >= 4 is 24.2 Å². The highest BCUT2D eigenvalue weighted by molar-refractivity contribution is 5.99. The lowest BCUT2D eigenvalue weighted by Gasteiger charge is -2.23. The number of H-pyrrole nitrogens is 1. The van der Waals surface area contributed by atoms with Crippen molar-refractivity contribution in [2.45, 2.75) is 70.8 Å². The summed E-state index contributed by atoms with van der Waals surface area (Å²) in [5, 5.41) is 19.4. The second-order valence-electron chi connectivity index (χ2n) is 9.14. The molecular formula is C23H32N6O5. The normalized spacial score (nSPS) is 21.2. The van der Waals surface area contributed by atoms with E-state index in [1.165, 1.54) is 0 Å².